The average molecular weight is 394 g/mol. The van der Waals surface area contributed by atoms with Gasteiger partial charge in [0.05, 0.1) is 17.1 Å². The fourth-order valence-corrected chi connectivity index (χ4v) is 4.13. The van der Waals surface area contributed by atoms with Gasteiger partial charge in [0.25, 0.3) is 5.91 Å². The van der Waals surface area contributed by atoms with E-state index in [0.29, 0.717) is 34.2 Å². The fraction of sp³-hybridized carbons (Fsp3) is 0.524. The second-order valence-corrected chi connectivity index (χ2v) is 8.65. The number of nitrogens with zero attached hydrogens (tertiary/aromatic N) is 5. The molecule has 8 heteroatoms. The van der Waals surface area contributed by atoms with E-state index < -0.39 is 0 Å². The van der Waals surface area contributed by atoms with Gasteiger partial charge in [-0.2, -0.15) is 10.1 Å². The summed E-state index contributed by atoms with van der Waals surface area (Å²) in [6, 6.07) is 0. The van der Waals surface area contributed by atoms with E-state index in [-0.39, 0.29) is 11.4 Å². The summed E-state index contributed by atoms with van der Waals surface area (Å²) in [7, 11) is 1.93. The van der Waals surface area contributed by atoms with Gasteiger partial charge in [-0.05, 0) is 51.0 Å². The van der Waals surface area contributed by atoms with E-state index in [0.717, 1.165) is 38.8 Å². The summed E-state index contributed by atoms with van der Waals surface area (Å²) in [4.78, 5) is 24.2. The lowest BCUT2D eigenvalue weighted by Gasteiger charge is -2.31. The summed E-state index contributed by atoms with van der Waals surface area (Å²) in [5.74, 6) is 1.78. The number of amides is 1. The van der Waals surface area contributed by atoms with Crippen LogP contribution in [0.3, 0.4) is 0 Å². The van der Waals surface area contributed by atoms with E-state index in [9.17, 15) is 4.79 Å². The number of nitrogens with one attached hydrogen (secondary N) is 1. The maximum absolute atomic E-state index is 13.3. The highest BCUT2D eigenvalue weighted by molar-refractivity contribution is 6.09. The van der Waals surface area contributed by atoms with Crippen molar-refractivity contribution in [2.75, 3.05) is 18.4 Å². The molecule has 0 atom stereocenters. The molecular formula is C21H26N6O2. The lowest BCUT2D eigenvalue weighted by atomic mass is 9.91. The topological polar surface area (TPSA) is 89.1 Å². The van der Waals surface area contributed by atoms with Crippen molar-refractivity contribution < 1.29 is 9.21 Å². The normalized spacial score (nSPS) is 18.9. The first-order chi connectivity index (χ1) is 13.9. The number of carbonyl (C=O) groups excluding carboxylic acids is 1. The Kier molecular flexibility index (Phi) is 4.11. The predicted octanol–water partition coefficient (Wildman–Crippen LogP) is 3.25. The molecule has 3 aromatic rings. The summed E-state index contributed by atoms with van der Waals surface area (Å²) in [6.45, 7) is 5.45. The molecule has 1 amide bonds. The van der Waals surface area contributed by atoms with Crippen molar-refractivity contribution in [1.29, 1.82) is 0 Å². The Balaban J connectivity index is 1.39. The molecule has 1 saturated heterocycles. The number of likely N-dealkylation sites (tertiary alicyclic amines) is 1. The largest absolute Gasteiger partial charge is 0.445 e. The third-order valence-electron chi connectivity index (χ3n) is 6.17. The quantitative estimate of drug-likeness (QED) is 0.731. The second-order valence-electron chi connectivity index (χ2n) is 8.65. The number of aromatic nitrogens is 4. The van der Waals surface area contributed by atoms with Crippen LogP contribution >= 0.6 is 0 Å². The molecule has 0 bridgehead atoms. The summed E-state index contributed by atoms with van der Waals surface area (Å²) in [6.07, 6.45) is 9.61. The first-order valence-electron chi connectivity index (χ1n) is 10.2. The number of carbonyl (C=O) groups is 1. The first-order valence-corrected chi connectivity index (χ1v) is 10.2. The predicted molar refractivity (Wildman–Crippen MR) is 109 cm³/mol. The molecule has 2 aliphatic rings. The Labute approximate surface area is 169 Å². The van der Waals surface area contributed by atoms with Crippen molar-refractivity contribution in [3.05, 3.63) is 35.6 Å². The van der Waals surface area contributed by atoms with Crippen LogP contribution < -0.4 is 5.32 Å². The molecule has 0 aromatic carbocycles. The van der Waals surface area contributed by atoms with Crippen LogP contribution in [-0.4, -0.2) is 49.2 Å². The van der Waals surface area contributed by atoms with Crippen LogP contribution in [0.25, 0.3) is 11.1 Å². The van der Waals surface area contributed by atoms with Gasteiger partial charge >= 0.3 is 0 Å². The van der Waals surface area contributed by atoms with E-state index in [2.05, 4.69) is 33.5 Å². The van der Waals surface area contributed by atoms with Crippen LogP contribution in [0, 0.1) is 6.92 Å². The van der Waals surface area contributed by atoms with Gasteiger partial charge < -0.3 is 14.6 Å². The van der Waals surface area contributed by atoms with E-state index in [1.165, 1.54) is 11.8 Å². The van der Waals surface area contributed by atoms with Gasteiger partial charge in [-0.15, -0.1) is 0 Å². The summed E-state index contributed by atoms with van der Waals surface area (Å²) in [5.41, 5.74) is 2.32. The molecule has 5 rings (SSSR count). The number of fused-ring (bicyclic) bond motifs is 1. The Morgan fingerprint density at radius 1 is 1.28 bits per heavy atom. The number of anilines is 1. The maximum atomic E-state index is 13.3. The molecule has 0 spiro atoms. The van der Waals surface area contributed by atoms with Crippen molar-refractivity contribution >= 4 is 22.8 Å². The minimum atomic E-state index is -0.00941. The second kappa shape index (κ2) is 6.57. The Morgan fingerprint density at radius 3 is 2.69 bits per heavy atom. The molecule has 29 heavy (non-hydrogen) atoms. The molecule has 1 saturated carbocycles. The zero-order chi connectivity index (χ0) is 20.2. The average Bonchev–Trinajstić information content (AvgIpc) is 3.08. The third-order valence-corrected chi connectivity index (χ3v) is 6.17. The van der Waals surface area contributed by atoms with Gasteiger partial charge in [0, 0.05) is 31.9 Å². The molecule has 0 radical (unpaired) electrons. The number of aryl methyl sites for hydroxylation is 2. The van der Waals surface area contributed by atoms with Gasteiger partial charge in [-0.3, -0.25) is 9.48 Å². The van der Waals surface area contributed by atoms with Crippen LogP contribution in [0.5, 0.6) is 0 Å². The highest BCUT2D eigenvalue weighted by atomic mass is 16.3. The molecule has 8 nitrogen and oxygen atoms in total. The minimum Gasteiger partial charge on any atom is -0.445 e. The van der Waals surface area contributed by atoms with Crippen molar-refractivity contribution in [1.82, 2.24) is 24.6 Å². The van der Waals surface area contributed by atoms with Gasteiger partial charge in [-0.25, -0.2) is 4.98 Å². The van der Waals surface area contributed by atoms with Gasteiger partial charge in [0.15, 0.2) is 0 Å². The minimum absolute atomic E-state index is 0.00941. The highest BCUT2D eigenvalue weighted by Crippen LogP contribution is 2.40. The number of piperidine rings is 1. The fourth-order valence-electron chi connectivity index (χ4n) is 4.13. The van der Waals surface area contributed by atoms with Gasteiger partial charge in [0.2, 0.25) is 5.71 Å². The van der Waals surface area contributed by atoms with Crippen LogP contribution in [0.4, 0.5) is 5.82 Å². The number of furan rings is 1. The highest BCUT2D eigenvalue weighted by Gasteiger charge is 2.39. The first kappa shape index (κ1) is 18.1. The zero-order valence-corrected chi connectivity index (χ0v) is 17.1. The molecule has 1 aliphatic heterocycles. The summed E-state index contributed by atoms with van der Waals surface area (Å²) < 4.78 is 7.50. The van der Waals surface area contributed by atoms with Crippen molar-refractivity contribution in [2.24, 2.45) is 7.05 Å². The van der Waals surface area contributed by atoms with E-state index in [4.69, 9.17) is 4.42 Å². The Morgan fingerprint density at radius 2 is 2.03 bits per heavy atom. The lowest BCUT2D eigenvalue weighted by Crippen LogP contribution is -2.37. The van der Waals surface area contributed by atoms with E-state index in [1.807, 2.05) is 29.7 Å². The monoisotopic (exact) mass is 394 g/mol. The van der Waals surface area contributed by atoms with E-state index >= 15 is 0 Å². The van der Waals surface area contributed by atoms with Crippen LogP contribution in [0.1, 0.15) is 60.3 Å². The third kappa shape index (κ3) is 3.36. The summed E-state index contributed by atoms with van der Waals surface area (Å²) in [5, 5.41) is 8.47. The molecule has 0 unspecified atom stereocenters. The Hall–Kier alpha value is -2.90. The maximum Gasteiger partial charge on any atom is 0.257 e. The van der Waals surface area contributed by atoms with E-state index in [1.54, 1.807) is 0 Å². The summed E-state index contributed by atoms with van der Waals surface area (Å²) >= 11 is 0. The molecule has 3 aromatic heterocycles. The molecule has 1 aliphatic carbocycles. The number of hydrogen-bond donors (Lipinski definition) is 1. The Bertz CT molecular complexity index is 1070. The molecule has 2 fully saturated rings. The standard InChI is InChI=1S/C21H26N6O2/c1-13-23-18(25-21(2)6-7-21)17-16(12-29-19(17)24-13)20(28)27-8-4-14(5-9-27)15-10-22-26(3)11-15/h10-12,14H,4-9H2,1-3H3,(H,23,24,25). The SMILES string of the molecule is Cc1nc(NC2(C)CC2)c2c(C(=O)N3CCC(c4cnn(C)c4)CC3)coc2n1. The van der Waals surface area contributed by atoms with Crippen molar-refractivity contribution in [3.8, 4) is 0 Å². The molecule has 152 valence electrons. The van der Waals surface area contributed by atoms with Crippen molar-refractivity contribution in [3.63, 3.8) is 0 Å². The molecular weight excluding hydrogens is 368 g/mol. The van der Waals surface area contributed by atoms with Crippen molar-refractivity contribution in [2.45, 2.75) is 51.0 Å². The number of hydrogen-bond acceptors (Lipinski definition) is 6. The zero-order valence-electron chi connectivity index (χ0n) is 17.1. The lowest BCUT2D eigenvalue weighted by molar-refractivity contribution is 0.0714. The van der Waals surface area contributed by atoms with Gasteiger partial charge in [-0.1, -0.05) is 0 Å². The van der Waals surface area contributed by atoms with Crippen LogP contribution in [0.15, 0.2) is 23.1 Å². The molecule has 1 N–H and O–H groups in total. The smallest absolute Gasteiger partial charge is 0.257 e. The van der Waals surface area contributed by atoms with Crippen LogP contribution in [-0.2, 0) is 7.05 Å². The number of rotatable bonds is 4. The van der Waals surface area contributed by atoms with Crippen LogP contribution in [0.2, 0.25) is 0 Å². The molecule has 4 heterocycles. The van der Waals surface area contributed by atoms with Gasteiger partial charge in [0.1, 0.15) is 17.9 Å².